The van der Waals surface area contributed by atoms with E-state index in [4.69, 9.17) is 23.2 Å². The van der Waals surface area contributed by atoms with Gasteiger partial charge in [-0.25, -0.2) is 4.98 Å². The van der Waals surface area contributed by atoms with Crippen LogP contribution in [0.1, 0.15) is 16.1 Å². The summed E-state index contributed by atoms with van der Waals surface area (Å²) in [6.07, 6.45) is 3.39. The third kappa shape index (κ3) is 4.68. The second-order valence-electron chi connectivity index (χ2n) is 5.19. The van der Waals surface area contributed by atoms with Crippen LogP contribution in [-0.2, 0) is 6.54 Å². The Morgan fingerprint density at radius 1 is 1.00 bits per heavy atom. The van der Waals surface area contributed by atoms with E-state index in [2.05, 4.69) is 20.6 Å². The number of halogens is 2. The fraction of sp³-hybridized carbons (Fsp3) is 0.0556. The zero-order valence-electron chi connectivity index (χ0n) is 13.0. The minimum absolute atomic E-state index is 0.305. The lowest BCUT2D eigenvalue weighted by molar-refractivity contribution is 0.102. The van der Waals surface area contributed by atoms with Gasteiger partial charge in [-0.2, -0.15) is 0 Å². The number of aromatic nitrogens is 2. The Morgan fingerprint density at radius 3 is 2.56 bits per heavy atom. The van der Waals surface area contributed by atoms with Crippen LogP contribution in [0.25, 0.3) is 0 Å². The monoisotopic (exact) mass is 372 g/mol. The molecule has 2 aromatic heterocycles. The first kappa shape index (κ1) is 17.2. The van der Waals surface area contributed by atoms with Crippen molar-refractivity contribution in [3.05, 3.63) is 82.2 Å². The number of rotatable bonds is 5. The summed E-state index contributed by atoms with van der Waals surface area (Å²) < 4.78 is 0. The van der Waals surface area contributed by atoms with E-state index in [1.807, 2.05) is 24.3 Å². The lowest BCUT2D eigenvalue weighted by atomic mass is 10.2. The maximum absolute atomic E-state index is 12.2. The molecule has 3 aromatic rings. The van der Waals surface area contributed by atoms with E-state index in [1.165, 1.54) is 6.07 Å². The SMILES string of the molecule is O=C(Nc1ccc(NCc2ccccn2)cn1)c1ccc(Cl)c(Cl)c1. The van der Waals surface area contributed by atoms with Crippen LogP contribution in [0.3, 0.4) is 0 Å². The molecule has 1 amide bonds. The molecule has 0 radical (unpaired) electrons. The summed E-state index contributed by atoms with van der Waals surface area (Å²) in [5.74, 6) is 0.139. The van der Waals surface area contributed by atoms with Crippen molar-refractivity contribution in [2.45, 2.75) is 6.54 Å². The molecule has 0 spiro atoms. The van der Waals surface area contributed by atoms with Crippen LogP contribution in [0.15, 0.2) is 60.9 Å². The molecule has 1 aromatic carbocycles. The molecule has 0 fully saturated rings. The van der Waals surface area contributed by atoms with Gasteiger partial charge in [0.15, 0.2) is 0 Å². The minimum atomic E-state index is -0.305. The van der Waals surface area contributed by atoms with Crippen LogP contribution in [0.2, 0.25) is 10.0 Å². The van der Waals surface area contributed by atoms with E-state index < -0.39 is 0 Å². The maximum atomic E-state index is 12.2. The largest absolute Gasteiger partial charge is 0.378 e. The predicted molar refractivity (Wildman–Crippen MR) is 100 cm³/mol. The van der Waals surface area contributed by atoms with Gasteiger partial charge in [0, 0.05) is 11.8 Å². The van der Waals surface area contributed by atoms with Gasteiger partial charge >= 0.3 is 0 Å². The number of hydrogen-bond donors (Lipinski definition) is 2. The molecule has 0 saturated heterocycles. The van der Waals surface area contributed by atoms with Crippen LogP contribution in [0.5, 0.6) is 0 Å². The summed E-state index contributed by atoms with van der Waals surface area (Å²) in [5.41, 5.74) is 2.17. The zero-order valence-corrected chi connectivity index (χ0v) is 14.6. The normalized spacial score (nSPS) is 10.3. The molecule has 0 atom stereocenters. The van der Waals surface area contributed by atoms with Gasteiger partial charge in [-0.15, -0.1) is 0 Å². The number of hydrogen-bond acceptors (Lipinski definition) is 4. The van der Waals surface area contributed by atoms with Crippen LogP contribution in [0, 0.1) is 0 Å². The molecule has 25 heavy (non-hydrogen) atoms. The van der Waals surface area contributed by atoms with Crippen molar-refractivity contribution in [2.24, 2.45) is 0 Å². The molecule has 0 aliphatic carbocycles. The van der Waals surface area contributed by atoms with Gasteiger partial charge in [-0.1, -0.05) is 29.3 Å². The molecular formula is C18H14Cl2N4O. The van der Waals surface area contributed by atoms with E-state index in [1.54, 1.807) is 30.6 Å². The lowest BCUT2D eigenvalue weighted by Crippen LogP contribution is -2.13. The number of amides is 1. The molecule has 126 valence electrons. The van der Waals surface area contributed by atoms with E-state index in [-0.39, 0.29) is 5.91 Å². The fourth-order valence-corrected chi connectivity index (χ4v) is 2.39. The molecule has 7 heteroatoms. The van der Waals surface area contributed by atoms with Gasteiger partial charge in [-0.05, 0) is 42.5 Å². The average Bonchev–Trinajstić information content (AvgIpc) is 2.64. The van der Waals surface area contributed by atoms with Crippen LogP contribution in [-0.4, -0.2) is 15.9 Å². The Hall–Kier alpha value is -2.63. The molecule has 0 saturated carbocycles. The standard InChI is InChI=1S/C18H14Cl2N4O/c19-15-6-4-12(9-16(15)20)18(25)24-17-7-5-14(11-23-17)22-10-13-3-1-2-8-21-13/h1-9,11,22H,10H2,(H,23,24,25). The molecule has 5 nitrogen and oxygen atoms in total. The van der Waals surface area contributed by atoms with Crippen molar-refractivity contribution < 1.29 is 4.79 Å². The van der Waals surface area contributed by atoms with Crippen molar-refractivity contribution in [3.8, 4) is 0 Å². The highest BCUT2D eigenvalue weighted by Gasteiger charge is 2.09. The Labute approximate surface area is 155 Å². The van der Waals surface area contributed by atoms with Gasteiger partial charge in [0.1, 0.15) is 5.82 Å². The van der Waals surface area contributed by atoms with Gasteiger partial charge in [0.25, 0.3) is 5.91 Å². The minimum Gasteiger partial charge on any atom is -0.378 e. The number of benzene rings is 1. The van der Waals surface area contributed by atoms with Gasteiger partial charge in [0.2, 0.25) is 0 Å². The Bertz CT molecular complexity index is 870. The predicted octanol–water partition coefficient (Wildman–Crippen LogP) is 4.65. The second kappa shape index (κ2) is 7.96. The summed E-state index contributed by atoms with van der Waals surface area (Å²) in [6, 6.07) is 14.0. The first-order chi connectivity index (χ1) is 12.1. The Balaban J connectivity index is 1.60. The molecule has 0 unspecified atom stereocenters. The molecule has 0 aliphatic heterocycles. The van der Waals surface area contributed by atoms with E-state index in [0.29, 0.717) is 28.0 Å². The number of nitrogens with one attached hydrogen (secondary N) is 2. The molecular weight excluding hydrogens is 359 g/mol. The second-order valence-corrected chi connectivity index (χ2v) is 6.00. The number of pyridine rings is 2. The Kier molecular flexibility index (Phi) is 5.48. The smallest absolute Gasteiger partial charge is 0.256 e. The van der Waals surface area contributed by atoms with E-state index in [9.17, 15) is 4.79 Å². The number of carbonyl (C=O) groups excluding carboxylic acids is 1. The maximum Gasteiger partial charge on any atom is 0.256 e. The van der Waals surface area contributed by atoms with Crippen LogP contribution < -0.4 is 10.6 Å². The summed E-state index contributed by atoms with van der Waals surface area (Å²) in [4.78, 5) is 20.7. The molecule has 3 rings (SSSR count). The van der Waals surface area contributed by atoms with Crippen molar-refractivity contribution in [1.29, 1.82) is 0 Å². The van der Waals surface area contributed by atoms with Crippen LogP contribution in [0.4, 0.5) is 11.5 Å². The topological polar surface area (TPSA) is 66.9 Å². The van der Waals surface area contributed by atoms with Gasteiger partial charge in [0.05, 0.1) is 34.2 Å². The van der Waals surface area contributed by atoms with Crippen molar-refractivity contribution in [3.63, 3.8) is 0 Å². The summed E-state index contributed by atoms with van der Waals surface area (Å²) in [7, 11) is 0. The van der Waals surface area contributed by atoms with E-state index in [0.717, 1.165) is 11.4 Å². The highest BCUT2D eigenvalue weighted by atomic mass is 35.5. The van der Waals surface area contributed by atoms with Gasteiger partial charge in [-0.3, -0.25) is 9.78 Å². The van der Waals surface area contributed by atoms with Crippen molar-refractivity contribution in [1.82, 2.24) is 9.97 Å². The summed E-state index contributed by atoms with van der Waals surface area (Å²) in [5, 5.41) is 6.66. The van der Waals surface area contributed by atoms with E-state index >= 15 is 0 Å². The van der Waals surface area contributed by atoms with Crippen molar-refractivity contribution in [2.75, 3.05) is 10.6 Å². The first-order valence-electron chi connectivity index (χ1n) is 7.48. The quantitative estimate of drug-likeness (QED) is 0.683. The highest BCUT2D eigenvalue weighted by Crippen LogP contribution is 2.23. The number of anilines is 2. The third-order valence-electron chi connectivity index (χ3n) is 3.39. The first-order valence-corrected chi connectivity index (χ1v) is 8.23. The number of nitrogens with zero attached hydrogens (tertiary/aromatic N) is 2. The van der Waals surface area contributed by atoms with Crippen LogP contribution >= 0.6 is 23.2 Å². The average molecular weight is 373 g/mol. The Morgan fingerprint density at radius 2 is 1.88 bits per heavy atom. The highest BCUT2D eigenvalue weighted by molar-refractivity contribution is 6.42. The molecule has 2 heterocycles. The zero-order chi connectivity index (χ0) is 17.6. The summed E-state index contributed by atoms with van der Waals surface area (Å²) >= 11 is 11.8. The fourth-order valence-electron chi connectivity index (χ4n) is 2.09. The summed E-state index contributed by atoms with van der Waals surface area (Å²) in [6.45, 7) is 0.595. The van der Waals surface area contributed by atoms with Gasteiger partial charge < -0.3 is 10.6 Å². The van der Waals surface area contributed by atoms with Crippen molar-refractivity contribution >= 4 is 40.6 Å². The number of carbonyl (C=O) groups is 1. The molecule has 0 aliphatic rings. The molecule has 0 bridgehead atoms. The third-order valence-corrected chi connectivity index (χ3v) is 4.13. The molecule has 2 N–H and O–H groups in total. The lowest BCUT2D eigenvalue weighted by Gasteiger charge is -2.08.